The molecular formula is C18H18ClFN4O2. The molecule has 0 aliphatic carbocycles. The van der Waals surface area contributed by atoms with Crippen molar-refractivity contribution in [3.8, 4) is 11.5 Å². The summed E-state index contributed by atoms with van der Waals surface area (Å²) in [5.74, 6) is 0.582. The molecule has 136 valence electrons. The maximum atomic E-state index is 13.8. The monoisotopic (exact) mass is 376 g/mol. The van der Waals surface area contributed by atoms with E-state index in [9.17, 15) is 4.39 Å². The summed E-state index contributed by atoms with van der Waals surface area (Å²) in [6.07, 6.45) is 3.11. The topological polar surface area (TPSA) is 61.2 Å². The molecule has 8 heteroatoms. The van der Waals surface area contributed by atoms with Gasteiger partial charge in [0.2, 0.25) is 0 Å². The van der Waals surface area contributed by atoms with Crippen molar-refractivity contribution in [2.24, 2.45) is 0 Å². The van der Waals surface area contributed by atoms with Crippen molar-refractivity contribution in [3.05, 3.63) is 71.0 Å². The quantitative estimate of drug-likeness (QED) is 0.648. The summed E-state index contributed by atoms with van der Waals surface area (Å²) in [5.41, 5.74) is 4.45. The Kier molecular flexibility index (Phi) is 5.91. The number of halogens is 2. The van der Waals surface area contributed by atoms with Crippen LogP contribution in [0, 0.1) is 5.82 Å². The van der Waals surface area contributed by atoms with Gasteiger partial charge in [-0.1, -0.05) is 29.8 Å². The third-order valence-corrected chi connectivity index (χ3v) is 3.86. The lowest BCUT2D eigenvalue weighted by molar-refractivity contribution is 0.266. The zero-order valence-electron chi connectivity index (χ0n) is 14.2. The molecule has 6 nitrogen and oxygen atoms in total. The van der Waals surface area contributed by atoms with Gasteiger partial charge in [-0.25, -0.2) is 9.07 Å². The van der Waals surface area contributed by atoms with Gasteiger partial charge < -0.3 is 14.9 Å². The van der Waals surface area contributed by atoms with E-state index >= 15 is 0 Å². The van der Waals surface area contributed by atoms with Crippen LogP contribution in [0.5, 0.6) is 11.5 Å². The number of rotatable bonds is 8. The summed E-state index contributed by atoms with van der Waals surface area (Å²) in [6.45, 7) is 2.88. The van der Waals surface area contributed by atoms with Crippen molar-refractivity contribution in [2.45, 2.75) is 20.1 Å². The van der Waals surface area contributed by atoms with Crippen molar-refractivity contribution < 1.29 is 13.9 Å². The largest absolute Gasteiger partial charge is 0.490 e. The van der Waals surface area contributed by atoms with Gasteiger partial charge >= 0.3 is 0 Å². The van der Waals surface area contributed by atoms with Gasteiger partial charge in [-0.05, 0) is 30.7 Å². The highest BCUT2D eigenvalue weighted by Crippen LogP contribution is 2.37. The smallest absolute Gasteiger partial charge is 0.180 e. The maximum absolute atomic E-state index is 13.8. The van der Waals surface area contributed by atoms with E-state index in [2.05, 4.69) is 15.6 Å². The van der Waals surface area contributed by atoms with E-state index in [0.717, 1.165) is 5.56 Å². The maximum Gasteiger partial charge on any atom is 0.180 e. The molecule has 1 aromatic heterocycles. The molecule has 0 atom stereocenters. The third kappa shape index (κ3) is 4.43. The van der Waals surface area contributed by atoms with Gasteiger partial charge in [0, 0.05) is 5.56 Å². The number of benzene rings is 2. The molecule has 3 aromatic rings. The second kappa shape index (κ2) is 8.53. The molecule has 0 fully saturated rings. The lowest BCUT2D eigenvalue weighted by Crippen LogP contribution is -2.12. The van der Waals surface area contributed by atoms with Crippen molar-refractivity contribution >= 4 is 11.6 Å². The molecule has 0 unspecified atom stereocenters. The van der Waals surface area contributed by atoms with E-state index < -0.39 is 0 Å². The fraction of sp³-hybridized carbons (Fsp3) is 0.222. The number of hydrogen-bond donors (Lipinski definition) is 1. The fourth-order valence-corrected chi connectivity index (χ4v) is 2.64. The lowest BCUT2D eigenvalue weighted by atomic mass is 10.2. The zero-order valence-corrected chi connectivity index (χ0v) is 14.9. The first kappa shape index (κ1) is 18.0. The standard InChI is InChI=1S/C18H18ClFN4O2/c1-2-25-17-8-13(9-23-24-11-21-22-12-24)7-15(19)18(17)26-10-14-5-3-4-6-16(14)20/h3-8,11-12,23H,2,9-10H2,1H3. The van der Waals surface area contributed by atoms with Crippen molar-refractivity contribution in [1.29, 1.82) is 0 Å². The Morgan fingerprint density at radius 3 is 2.65 bits per heavy atom. The molecular weight excluding hydrogens is 359 g/mol. The van der Waals surface area contributed by atoms with Crippen LogP contribution in [0.4, 0.5) is 4.39 Å². The van der Waals surface area contributed by atoms with Gasteiger partial charge in [0.25, 0.3) is 0 Å². The number of aromatic nitrogens is 3. The fourth-order valence-electron chi connectivity index (χ4n) is 2.36. The van der Waals surface area contributed by atoms with Crippen molar-refractivity contribution in [1.82, 2.24) is 14.9 Å². The Balaban J connectivity index is 1.76. The van der Waals surface area contributed by atoms with Gasteiger partial charge in [0.1, 0.15) is 25.1 Å². The highest BCUT2D eigenvalue weighted by Gasteiger charge is 2.14. The lowest BCUT2D eigenvalue weighted by Gasteiger charge is -2.16. The molecule has 3 rings (SSSR count). The molecule has 0 saturated carbocycles. The molecule has 1 heterocycles. The van der Waals surface area contributed by atoms with Crippen LogP contribution in [-0.4, -0.2) is 21.5 Å². The molecule has 0 aliphatic rings. The molecule has 26 heavy (non-hydrogen) atoms. The third-order valence-electron chi connectivity index (χ3n) is 3.58. The average Bonchev–Trinajstić information content (AvgIpc) is 3.14. The predicted molar refractivity (Wildman–Crippen MR) is 96.4 cm³/mol. The Morgan fingerprint density at radius 2 is 1.92 bits per heavy atom. The summed E-state index contributed by atoms with van der Waals surface area (Å²) in [5, 5.41) is 7.84. The summed E-state index contributed by atoms with van der Waals surface area (Å²) in [4.78, 5) is 0. The van der Waals surface area contributed by atoms with Crippen LogP contribution in [-0.2, 0) is 13.2 Å². The zero-order chi connectivity index (χ0) is 18.4. The molecule has 0 spiro atoms. The van der Waals surface area contributed by atoms with Crippen LogP contribution in [0.25, 0.3) is 0 Å². The summed E-state index contributed by atoms with van der Waals surface area (Å²) in [6, 6.07) is 10.1. The number of hydrogen-bond acceptors (Lipinski definition) is 5. The van der Waals surface area contributed by atoms with Crippen molar-refractivity contribution in [3.63, 3.8) is 0 Å². The van der Waals surface area contributed by atoms with Crippen LogP contribution < -0.4 is 14.9 Å². The average molecular weight is 377 g/mol. The minimum Gasteiger partial charge on any atom is -0.490 e. The summed E-state index contributed by atoms with van der Waals surface area (Å²) in [7, 11) is 0. The molecule has 0 bridgehead atoms. The normalized spacial score (nSPS) is 10.6. The van der Waals surface area contributed by atoms with Crippen LogP contribution >= 0.6 is 11.6 Å². The molecule has 0 saturated heterocycles. The highest BCUT2D eigenvalue weighted by atomic mass is 35.5. The predicted octanol–water partition coefficient (Wildman–Crippen LogP) is 3.79. The molecule has 0 radical (unpaired) electrons. The number of nitrogens with one attached hydrogen (secondary N) is 1. The Morgan fingerprint density at radius 1 is 1.15 bits per heavy atom. The summed E-state index contributed by atoms with van der Waals surface area (Å²) < 4.78 is 26.8. The van der Waals surface area contributed by atoms with Gasteiger partial charge in [-0.2, -0.15) is 0 Å². The van der Waals surface area contributed by atoms with E-state index in [0.29, 0.717) is 35.2 Å². The van der Waals surface area contributed by atoms with Gasteiger partial charge in [0.05, 0.1) is 18.2 Å². The Bertz CT molecular complexity index is 858. The Labute approximate surface area is 155 Å². The van der Waals surface area contributed by atoms with E-state index in [4.69, 9.17) is 21.1 Å². The Hall–Kier alpha value is -2.80. The molecule has 2 aromatic carbocycles. The van der Waals surface area contributed by atoms with E-state index in [-0.39, 0.29) is 12.4 Å². The first-order valence-corrected chi connectivity index (χ1v) is 8.45. The highest BCUT2D eigenvalue weighted by molar-refractivity contribution is 6.32. The summed E-state index contributed by atoms with van der Waals surface area (Å²) >= 11 is 6.38. The van der Waals surface area contributed by atoms with Gasteiger partial charge in [0.15, 0.2) is 11.5 Å². The second-order valence-electron chi connectivity index (χ2n) is 5.42. The molecule has 0 amide bonds. The SMILES string of the molecule is CCOc1cc(CNn2cnnc2)cc(Cl)c1OCc1ccccc1F. The minimum absolute atomic E-state index is 0.0603. The van der Waals surface area contributed by atoms with Crippen LogP contribution in [0.3, 0.4) is 0 Å². The van der Waals surface area contributed by atoms with E-state index in [1.165, 1.54) is 6.07 Å². The second-order valence-corrected chi connectivity index (χ2v) is 5.83. The van der Waals surface area contributed by atoms with Crippen LogP contribution in [0.1, 0.15) is 18.1 Å². The molecule has 0 aliphatic heterocycles. The minimum atomic E-state index is -0.323. The van der Waals surface area contributed by atoms with Crippen molar-refractivity contribution in [2.75, 3.05) is 12.0 Å². The van der Waals surface area contributed by atoms with Gasteiger partial charge in [-0.15, -0.1) is 10.2 Å². The molecule has 1 N–H and O–H groups in total. The van der Waals surface area contributed by atoms with E-state index in [1.807, 2.05) is 13.0 Å². The first-order chi connectivity index (χ1) is 12.7. The van der Waals surface area contributed by atoms with Gasteiger partial charge in [-0.3, -0.25) is 0 Å². The number of ether oxygens (including phenoxy) is 2. The van der Waals surface area contributed by atoms with Crippen LogP contribution in [0.15, 0.2) is 49.1 Å². The van der Waals surface area contributed by atoms with E-state index in [1.54, 1.807) is 41.6 Å². The number of nitrogens with zero attached hydrogens (tertiary/aromatic N) is 3. The first-order valence-electron chi connectivity index (χ1n) is 8.07. The van der Waals surface area contributed by atoms with Crippen LogP contribution in [0.2, 0.25) is 5.02 Å².